The molecule has 138 valence electrons. The molecule has 0 bridgehead atoms. The zero-order chi connectivity index (χ0) is 16.8. The van der Waals surface area contributed by atoms with Crippen molar-refractivity contribution in [1.29, 1.82) is 0 Å². The number of guanidine groups is 1. The number of nitrogens with zero attached hydrogens (tertiary/aromatic N) is 3. The number of rotatable bonds is 4. The van der Waals surface area contributed by atoms with E-state index < -0.39 is 0 Å². The normalized spacial score (nSPS) is 17.1. The summed E-state index contributed by atoms with van der Waals surface area (Å²) in [6.45, 7) is 7.21. The lowest BCUT2D eigenvalue weighted by atomic mass is 10.0. The molecule has 1 fully saturated rings. The van der Waals surface area contributed by atoms with Gasteiger partial charge in [-0.3, -0.25) is 9.79 Å². The third-order valence-corrected chi connectivity index (χ3v) is 4.81. The van der Waals surface area contributed by atoms with E-state index in [0.717, 1.165) is 57.9 Å². The maximum Gasteiger partial charge on any atom is 0.224 e. The summed E-state index contributed by atoms with van der Waals surface area (Å²) in [7, 11) is 0. The Morgan fingerprint density at radius 2 is 1.84 bits per heavy atom. The van der Waals surface area contributed by atoms with Crippen LogP contribution in [0.4, 0.5) is 0 Å². The third kappa shape index (κ3) is 5.33. The van der Waals surface area contributed by atoms with Crippen LogP contribution in [0.25, 0.3) is 0 Å². The standard InChI is InChI=1S/C19H28N4O.HI/c1-2-20-19(21-11-9-18(24)22-12-5-6-13-22)23-14-10-16-7-3-4-8-17(16)15-23;/h3-4,7-8H,2,5-6,9-15H2,1H3,(H,20,21);1H. The Morgan fingerprint density at radius 3 is 2.56 bits per heavy atom. The molecular formula is C19H29IN4O. The van der Waals surface area contributed by atoms with E-state index in [0.29, 0.717) is 13.0 Å². The molecule has 1 amide bonds. The number of benzene rings is 1. The lowest BCUT2D eigenvalue weighted by molar-refractivity contribution is -0.129. The largest absolute Gasteiger partial charge is 0.357 e. The lowest BCUT2D eigenvalue weighted by Crippen LogP contribution is -2.44. The van der Waals surface area contributed by atoms with E-state index in [9.17, 15) is 4.79 Å². The van der Waals surface area contributed by atoms with E-state index >= 15 is 0 Å². The van der Waals surface area contributed by atoms with Crippen molar-refractivity contribution in [3.05, 3.63) is 35.4 Å². The fraction of sp³-hybridized carbons (Fsp3) is 0.579. The Hall–Kier alpha value is -1.31. The first-order valence-corrected chi connectivity index (χ1v) is 9.15. The van der Waals surface area contributed by atoms with E-state index in [4.69, 9.17) is 4.99 Å². The second kappa shape index (κ2) is 9.99. The summed E-state index contributed by atoms with van der Waals surface area (Å²) >= 11 is 0. The molecule has 0 aliphatic carbocycles. The van der Waals surface area contributed by atoms with Crippen LogP contribution in [0.2, 0.25) is 0 Å². The van der Waals surface area contributed by atoms with Gasteiger partial charge >= 0.3 is 0 Å². The number of amides is 1. The van der Waals surface area contributed by atoms with E-state index in [1.54, 1.807) is 0 Å². The van der Waals surface area contributed by atoms with Crippen molar-refractivity contribution in [3.63, 3.8) is 0 Å². The summed E-state index contributed by atoms with van der Waals surface area (Å²) in [5.41, 5.74) is 2.82. The summed E-state index contributed by atoms with van der Waals surface area (Å²) in [4.78, 5) is 21.1. The van der Waals surface area contributed by atoms with Crippen molar-refractivity contribution in [2.75, 3.05) is 32.7 Å². The summed E-state index contributed by atoms with van der Waals surface area (Å²) in [5.74, 6) is 1.18. The third-order valence-electron chi connectivity index (χ3n) is 4.81. The van der Waals surface area contributed by atoms with Gasteiger partial charge < -0.3 is 15.1 Å². The number of halogens is 1. The van der Waals surface area contributed by atoms with Crippen molar-refractivity contribution in [3.8, 4) is 0 Å². The quantitative estimate of drug-likeness (QED) is 0.431. The highest BCUT2D eigenvalue weighted by atomic mass is 127. The minimum absolute atomic E-state index is 0. The summed E-state index contributed by atoms with van der Waals surface area (Å²) in [5, 5.41) is 3.38. The number of carbonyl (C=O) groups excluding carboxylic acids is 1. The number of hydrogen-bond acceptors (Lipinski definition) is 2. The average Bonchev–Trinajstić information content (AvgIpc) is 3.15. The average molecular weight is 456 g/mol. The van der Waals surface area contributed by atoms with Gasteiger partial charge in [0.25, 0.3) is 0 Å². The predicted octanol–water partition coefficient (Wildman–Crippen LogP) is 2.64. The fourth-order valence-electron chi connectivity index (χ4n) is 3.48. The molecule has 2 aliphatic heterocycles. The van der Waals surface area contributed by atoms with Gasteiger partial charge in [-0.1, -0.05) is 24.3 Å². The number of likely N-dealkylation sites (tertiary alicyclic amines) is 1. The molecule has 25 heavy (non-hydrogen) atoms. The molecule has 5 nitrogen and oxygen atoms in total. The van der Waals surface area contributed by atoms with E-state index in [-0.39, 0.29) is 29.9 Å². The van der Waals surface area contributed by atoms with Gasteiger partial charge in [0.15, 0.2) is 5.96 Å². The summed E-state index contributed by atoms with van der Waals surface area (Å²) in [6.07, 6.45) is 3.85. The van der Waals surface area contributed by atoms with Gasteiger partial charge in [-0.2, -0.15) is 0 Å². The van der Waals surface area contributed by atoms with Crippen LogP contribution < -0.4 is 5.32 Å². The number of aliphatic imine (C=N–C) groups is 1. The van der Waals surface area contributed by atoms with Gasteiger partial charge in [-0.15, -0.1) is 24.0 Å². The molecule has 1 saturated heterocycles. The lowest BCUT2D eigenvalue weighted by Gasteiger charge is -2.31. The van der Waals surface area contributed by atoms with Gasteiger partial charge in [-0.25, -0.2) is 0 Å². The van der Waals surface area contributed by atoms with Gasteiger partial charge in [0.05, 0.1) is 6.54 Å². The first-order valence-electron chi connectivity index (χ1n) is 9.15. The number of carbonyl (C=O) groups is 1. The Kier molecular flexibility index (Phi) is 7.99. The molecule has 2 heterocycles. The molecule has 1 aromatic rings. The Balaban J connectivity index is 0.00000225. The van der Waals surface area contributed by atoms with E-state index in [1.807, 2.05) is 4.90 Å². The zero-order valence-corrected chi connectivity index (χ0v) is 17.4. The Morgan fingerprint density at radius 1 is 1.12 bits per heavy atom. The number of fused-ring (bicyclic) bond motifs is 1. The summed E-state index contributed by atoms with van der Waals surface area (Å²) < 4.78 is 0. The highest BCUT2D eigenvalue weighted by molar-refractivity contribution is 14.0. The highest BCUT2D eigenvalue weighted by Crippen LogP contribution is 2.18. The molecule has 3 rings (SSSR count). The Bertz CT molecular complexity index is 599. The van der Waals surface area contributed by atoms with Crippen molar-refractivity contribution < 1.29 is 4.79 Å². The zero-order valence-electron chi connectivity index (χ0n) is 15.0. The molecule has 6 heteroatoms. The number of nitrogens with one attached hydrogen (secondary N) is 1. The Labute approximate surface area is 167 Å². The van der Waals surface area contributed by atoms with Crippen LogP contribution in [0.3, 0.4) is 0 Å². The molecular weight excluding hydrogens is 427 g/mol. The molecule has 1 aromatic carbocycles. The van der Waals surface area contributed by atoms with Crippen LogP contribution in [0.1, 0.15) is 37.3 Å². The van der Waals surface area contributed by atoms with Crippen LogP contribution in [0.15, 0.2) is 29.3 Å². The van der Waals surface area contributed by atoms with Gasteiger partial charge in [-0.05, 0) is 37.3 Å². The van der Waals surface area contributed by atoms with Crippen LogP contribution in [0, 0.1) is 0 Å². The molecule has 0 spiro atoms. The smallest absolute Gasteiger partial charge is 0.224 e. The molecule has 0 aromatic heterocycles. The van der Waals surface area contributed by atoms with Crippen molar-refractivity contribution >= 4 is 35.8 Å². The van der Waals surface area contributed by atoms with Crippen molar-refractivity contribution in [2.45, 2.75) is 39.2 Å². The first-order chi connectivity index (χ1) is 11.8. The SMILES string of the molecule is CCNC(=NCCC(=O)N1CCCC1)N1CCc2ccccc2C1.I. The summed E-state index contributed by atoms with van der Waals surface area (Å²) in [6, 6.07) is 8.62. The van der Waals surface area contributed by atoms with E-state index in [1.165, 1.54) is 11.1 Å². The molecule has 1 N–H and O–H groups in total. The minimum Gasteiger partial charge on any atom is -0.357 e. The second-order valence-electron chi connectivity index (χ2n) is 6.51. The monoisotopic (exact) mass is 456 g/mol. The van der Waals surface area contributed by atoms with Gasteiger partial charge in [0, 0.05) is 39.1 Å². The van der Waals surface area contributed by atoms with Crippen LogP contribution in [-0.4, -0.2) is 54.4 Å². The van der Waals surface area contributed by atoms with Crippen LogP contribution in [0.5, 0.6) is 0 Å². The highest BCUT2D eigenvalue weighted by Gasteiger charge is 2.20. The molecule has 0 saturated carbocycles. The van der Waals surface area contributed by atoms with E-state index in [2.05, 4.69) is 41.4 Å². The topological polar surface area (TPSA) is 47.9 Å². The predicted molar refractivity (Wildman–Crippen MR) is 112 cm³/mol. The van der Waals surface area contributed by atoms with Gasteiger partial charge in [0.2, 0.25) is 5.91 Å². The molecule has 0 atom stereocenters. The minimum atomic E-state index is 0. The first kappa shape index (κ1) is 20.0. The second-order valence-corrected chi connectivity index (χ2v) is 6.51. The maximum atomic E-state index is 12.1. The van der Waals surface area contributed by atoms with Crippen LogP contribution in [-0.2, 0) is 17.8 Å². The van der Waals surface area contributed by atoms with Crippen molar-refractivity contribution in [1.82, 2.24) is 15.1 Å². The fourth-order valence-corrected chi connectivity index (χ4v) is 3.48. The number of hydrogen-bond donors (Lipinski definition) is 1. The van der Waals surface area contributed by atoms with Gasteiger partial charge in [0.1, 0.15) is 0 Å². The molecule has 0 radical (unpaired) electrons. The maximum absolute atomic E-state index is 12.1. The molecule has 0 unspecified atom stereocenters. The molecule has 2 aliphatic rings. The van der Waals surface area contributed by atoms with Crippen LogP contribution >= 0.6 is 24.0 Å². The van der Waals surface area contributed by atoms with Crippen molar-refractivity contribution in [2.24, 2.45) is 4.99 Å².